The summed E-state index contributed by atoms with van der Waals surface area (Å²) in [5.41, 5.74) is 0. The summed E-state index contributed by atoms with van der Waals surface area (Å²) in [6.45, 7) is 6.69. The Morgan fingerprint density at radius 3 is 0.699 bits per heavy atom. The molecule has 430 valence electrons. The van der Waals surface area contributed by atoms with Gasteiger partial charge in [0, 0.05) is 19.3 Å². The fraction of sp³-hybridized carbons (Fsp3) is 0.896. The monoisotopic (exact) mass is 1030 g/mol. The average Bonchev–Trinajstić information content (AvgIpc) is 3.39. The van der Waals surface area contributed by atoms with E-state index < -0.39 is 6.10 Å². The summed E-state index contributed by atoms with van der Waals surface area (Å²) in [5.74, 6) is -0.845. The van der Waals surface area contributed by atoms with Crippen molar-refractivity contribution in [1.82, 2.24) is 0 Å². The zero-order valence-corrected chi connectivity index (χ0v) is 49.4. The van der Waals surface area contributed by atoms with E-state index >= 15 is 0 Å². The number of carbonyl (C=O) groups excluding carboxylic acids is 3. The van der Waals surface area contributed by atoms with Crippen LogP contribution in [0.1, 0.15) is 367 Å². The number of ether oxygens (including phenoxy) is 3. The molecule has 0 fully saturated rings. The lowest BCUT2D eigenvalue weighted by atomic mass is 10.0. The number of rotatable bonds is 61. The van der Waals surface area contributed by atoms with Crippen molar-refractivity contribution in [3.8, 4) is 0 Å². The molecule has 6 nitrogen and oxygen atoms in total. The van der Waals surface area contributed by atoms with Gasteiger partial charge in [-0.25, -0.2) is 0 Å². The fourth-order valence-electron chi connectivity index (χ4n) is 9.97. The van der Waals surface area contributed by atoms with Crippen molar-refractivity contribution in [2.24, 2.45) is 0 Å². The minimum atomic E-state index is -0.771. The zero-order chi connectivity index (χ0) is 52.9. The maximum Gasteiger partial charge on any atom is 0.306 e. The Labute approximate surface area is 455 Å². The Bertz CT molecular complexity index is 1180. The van der Waals surface area contributed by atoms with Crippen LogP contribution in [0.15, 0.2) is 24.3 Å². The molecule has 0 aliphatic heterocycles. The van der Waals surface area contributed by atoms with Gasteiger partial charge in [0.25, 0.3) is 0 Å². The molecule has 0 amide bonds. The topological polar surface area (TPSA) is 78.9 Å². The molecular formula is C67H126O6. The van der Waals surface area contributed by atoms with Gasteiger partial charge in [0.2, 0.25) is 0 Å². The molecule has 0 saturated heterocycles. The molecule has 0 aromatic carbocycles. The molecule has 0 saturated carbocycles. The number of allylic oxidation sites excluding steroid dienone is 4. The minimum absolute atomic E-state index is 0.0674. The van der Waals surface area contributed by atoms with E-state index in [1.54, 1.807) is 0 Å². The normalized spacial score (nSPS) is 12.1. The second kappa shape index (κ2) is 62.4. The molecule has 0 aromatic rings. The first kappa shape index (κ1) is 70.9. The minimum Gasteiger partial charge on any atom is -0.462 e. The molecule has 0 N–H and O–H groups in total. The summed E-state index contributed by atoms with van der Waals surface area (Å²) >= 11 is 0. The van der Waals surface area contributed by atoms with Crippen LogP contribution in [-0.2, 0) is 28.6 Å². The van der Waals surface area contributed by atoms with Crippen LogP contribution < -0.4 is 0 Å². The third kappa shape index (κ3) is 60.6. The summed E-state index contributed by atoms with van der Waals surface area (Å²) in [6, 6.07) is 0. The molecule has 0 spiro atoms. The van der Waals surface area contributed by atoms with Crippen molar-refractivity contribution >= 4 is 17.9 Å². The average molecular weight is 1030 g/mol. The van der Waals surface area contributed by atoms with E-state index in [9.17, 15) is 14.4 Å². The van der Waals surface area contributed by atoms with Gasteiger partial charge in [-0.2, -0.15) is 0 Å². The predicted molar refractivity (Wildman–Crippen MR) is 316 cm³/mol. The van der Waals surface area contributed by atoms with Gasteiger partial charge < -0.3 is 14.2 Å². The van der Waals surface area contributed by atoms with E-state index in [1.807, 2.05) is 0 Å². The Hall–Kier alpha value is -2.11. The highest BCUT2D eigenvalue weighted by atomic mass is 16.6. The fourth-order valence-corrected chi connectivity index (χ4v) is 9.97. The van der Waals surface area contributed by atoms with Gasteiger partial charge in [-0.15, -0.1) is 0 Å². The Morgan fingerprint density at radius 1 is 0.260 bits per heavy atom. The van der Waals surface area contributed by atoms with Crippen molar-refractivity contribution in [3.63, 3.8) is 0 Å². The highest BCUT2D eigenvalue weighted by Gasteiger charge is 2.19. The number of carbonyl (C=O) groups is 3. The van der Waals surface area contributed by atoms with Gasteiger partial charge in [0.15, 0.2) is 6.10 Å². The van der Waals surface area contributed by atoms with Gasteiger partial charge in [-0.1, -0.05) is 302 Å². The quantitative estimate of drug-likeness (QED) is 0.0261. The second-order valence-corrected chi connectivity index (χ2v) is 22.4. The van der Waals surface area contributed by atoms with E-state index in [2.05, 4.69) is 45.1 Å². The van der Waals surface area contributed by atoms with Gasteiger partial charge >= 0.3 is 17.9 Å². The molecule has 0 aliphatic carbocycles. The van der Waals surface area contributed by atoms with E-state index in [-0.39, 0.29) is 31.1 Å². The standard InChI is InChI=1S/C67H126O6/c1-4-7-10-13-16-19-22-25-28-30-32-33-35-37-40-43-46-49-52-55-58-61-67(70)73-64(62-71-65(68)59-56-53-50-47-44-41-38-27-24-21-18-15-12-9-6-3)63-72-66(69)60-57-54-51-48-45-42-39-36-34-31-29-26-23-20-17-14-11-8-5-2/h21,24-25,28,64H,4-20,22-23,26-27,29-63H2,1-3H3/b24-21-,28-25-/t64-/m1/s1. The summed E-state index contributed by atoms with van der Waals surface area (Å²) in [6.07, 6.45) is 74.7. The second-order valence-electron chi connectivity index (χ2n) is 22.4. The highest BCUT2D eigenvalue weighted by Crippen LogP contribution is 2.18. The van der Waals surface area contributed by atoms with Crippen molar-refractivity contribution in [3.05, 3.63) is 24.3 Å². The van der Waals surface area contributed by atoms with Crippen LogP contribution in [0.5, 0.6) is 0 Å². The zero-order valence-electron chi connectivity index (χ0n) is 49.4. The lowest BCUT2D eigenvalue weighted by Gasteiger charge is -2.18. The van der Waals surface area contributed by atoms with Crippen molar-refractivity contribution in [2.45, 2.75) is 374 Å². The largest absolute Gasteiger partial charge is 0.462 e. The van der Waals surface area contributed by atoms with Crippen molar-refractivity contribution in [1.29, 1.82) is 0 Å². The Morgan fingerprint density at radius 2 is 0.452 bits per heavy atom. The first-order chi connectivity index (χ1) is 36.0. The van der Waals surface area contributed by atoms with Crippen LogP contribution in [0.4, 0.5) is 0 Å². The molecule has 1 atom stereocenters. The summed E-state index contributed by atoms with van der Waals surface area (Å²) in [4.78, 5) is 38.3. The molecular weight excluding hydrogens is 901 g/mol. The summed E-state index contributed by atoms with van der Waals surface area (Å²) in [7, 11) is 0. The molecule has 0 unspecified atom stereocenters. The van der Waals surface area contributed by atoms with E-state index in [0.717, 1.165) is 57.8 Å². The van der Waals surface area contributed by atoms with Crippen LogP contribution in [0.3, 0.4) is 0 Å². The van der Waals surface area contributed by atoms with E-state index in [1.165, 1.54) is 270 Å². The van der Waals surface area contributed by atoms with Crippen LogP contribution in [0.25, 0.3) is 0 Å². The maximum atomic E-state index is 12.9. The van der Waals surface area contributed by atoms with E-state index in [0.29, 0.717) is 19.3 Å². The number of hydrogen-bond acceptors (Lipinski definition) is 6. The van der Waals surface area contributed by atoms with Crippen LogP contribution in [0, 0.1) is 0 Å². The molecule has 6 heteroatoms. The Kier molecular flexibility index (Phi) is 60.6. The molecule has 73 heavy (non-hydrogen) atoms. The summed E-state index contributed by atoms with van der Waals surface area (Å²) in [5, 5.41) is 0. The van der Waals surface area contributed by atoms with Crippen molar-refractivity contribution < 1.29 is 28.6 Å². The number of hydrogen-bond donors (Lipinski definition) is 0. The lowest BCUT2D eigenvalue weighted by Crippen LogP contribution is -2.30. The molecule has 0 heterocycles. The third-order valence-electron chi connectivity index (χ3n) is 14.9. The molecule has 0 radical (unpaired) electrons. The molecule has 0 aromatic heterocycles. The van der Waals surface area contributed by atoms with E-state index in [4.69, 9.17) is 14.2 Å². The Balaban J connectivity index is 4.30. The van der Waals surface area contributed by atoms with Crippen LogP contribution in [0.2, 0.25) is 0 Å². The van der Waals surface area contributed by atoms with Gasteiger partial charge in [-0.3, -0.25) is 14.4 Å². The number of esters is 3. The third-order valence-corrected chi connectivity index (χ3v) is 14.9. The summed E-state index contributed by atoms with van der Waals surface area (Å²) < 4.78 is 17.0. The first-order valence-corrected chi connectivity index (χ1v) is 32.8. The highest BCUT2D eigenvalue weighted by molar-refractivity contribution is 5.71. The number of unbranched alkanes of at least 4 members (excludes halogenated alkanes) is 46. The molecule has 0 bridgehead atoms. The molecule has 0 rings (SSSR count). The smallest absolute Gasteiger partial charge is 0.306 e. The SMILES string of the molecule is CCCCCC/C=C\CCCCCCCCCC(=O)OC[C@H](COC(=O)CCCCCCCCCCCCCCCCCCCCC)OC(=O)CCCCCCCCCCCCC/C=C\CCCCCCCC. The van der Waals surface area contributed by atoms with Crippen molar-refractivity contribution in [2.75, 3.05) is 13.2 Å². The van der Waals surface area contributed by atoms with Crippen LogP contribution in [-0.4, -0.2) is 37.2 Å². The first-order valence-electron chi connectivity index (χ1n) is 32.8. The van der Waals surface area contributed by atoms with Crippen LogP contribution >= 0.6 is 0 Å². The van der Waals surface area contributed by atoms with Gasteiger partial charge in [0.1, 0.15) is 13.2 Å². The van der Waals surface area contributed by atoms with Gasteiger partial charge in [-0.05, 0) is 70.6 Å². The lowest BCUT2D eigenvalue weighted by molar-refractivity contribution is -0.167. The molecule has 0 aliphatic rings. The predicted octanol–water partition coefficient (Wildman–Crippen LogP) is 22.2. The van der Waals surface area contributed by atoms with Gasteiger partial charge in [0.05, 0.1) is 0 Å². The maximum absolute atomic E-state index is 12.9.